The van der Waals surface area contributed by atoms with Crippen LogP contribution in [-0.4, -0.2) is 37.6 Å². The van der Waals surface area contributed by atoms with Gasteiger partial charge in [-0.25, -0.2) is 5.75 Å². The summed E-state index contributed by atoms with van der Waals surface area (Å²) in [5, 5.41) is 0. The molecule has 0 heterocycles. The van der Waals surface area contributed by atoms with Crippen LogP contribution >= 0.6 is 0 Å². The molecule has 0 atom stereocenters. The Hall–Kier alpha value is -0.840. The van der Waals surface area contributed by atoms with Crippen molar-refractivity contribution in [3.05, 3.63) is 18.4 Å². The number of hydrogen-bond acceptors (Lipinski definition) is 3. The fourth-order valence-corrected chi connectivity index (χ4v) is 2.45. The smallest absolute Gasteiger partial charge is 0.246 e. The van der Waals surface area contributed by atoms with Crippen LogP contribution in [0.2, 0.25) is 0 Å². The molecule has 0 aromatic heterocycles. The molecule has 5 heteroatoms. The van der Waals surface area contributed by atoms with Crippen LogP contribution in [0, 0.1) is 5.75 Å². The molecule has 0 aromatic carbocycles. The lowest BCUT2D eigenvalue weighted by atomic mass is 10.1. The number of hydrogen-bond donors (Lipinski definition) is 0. The highest BCUT2D eigenvalue weighted by Gasteiger charge is 2.28. The maximum absolute atomic E-state index is 11.4. The van der Waals surface area contributed by atoms with Crippen molar-refractivity contribution in [1.29, 1.82) is 0 Å². The molecule has 0 unspecified atom stereocenters. The fraction of sp³-hybridized carbons (Fsp3) is 0.600. The normalized spacial score (nSPS) is 12.3. The number of likely N-dealkylation sites (N-methyl/N-ethyl adjacent to an activating group) is 1. The van der Waals surface area contributed by atoms with Gasteiger partial charge in [-0.1, -0.05) is 6.58 Å². The predicted molar refractivity (Wildman–Crippen MR) is 60.8 cm³/mol. The van der Waals surface area contributed by atoms with Crippen LogP contribution in [0.5, 0.6) is 0 Å². The minimum absolute atomic E-state index is 0.0907. The van der Waals surface area contributed by atoms with Crippen molar-refractivity contribution in [2.75, 3.05) is 12.8 Å². The SMILES string of the molecule is C=CC(=O)N(C)C(C)(C)CS(=O)(=O)[CH-]C. The average Bonchev–Trinajstić information content (AvgIpc) is 2.14. The molecule has 0 N–H and O–H groups in total. The molecule has 4 nitrogen and oxygen atoms in total. The molecule has 88 valence electrons. The van der Waals surface area contributed by atoms with E-state index in [9.17, 15) is 13.2 Å². The molecule has 0 aromatic rings. The summed E-state index contributed by atoms with van der Waals surface area (Å²) in [6.45, 7) is 8.24. The first-order valence-electron chi connectivity index (χ1n) is 4.58. The highest BCUT2D eigenvalue weighted by Crippen LogP contribution is 2.17. The molecular weight excluding hydrogens is 214 g/mol. The summed E-state index contributed by atoms with van der Waals surface area (Å²) in [6, 6.07) is 0. The lowest BCUT2D eigenvalue weighted by Crippen LogP contribution is -2.48. The van der Waals surface area contributed by atoms with Gasteiger partial charge in [0.15, 0.2) is 0 Å². The van der Waals surface area contributed by atoms with Crippen LogP contribution in [0.1, 0.15) is 20.8 Å². The van der Waals surface area contributed by atoms with Gasteiger partial charge >= 0.3 is 0 Å². The summed E-state index contributed by atoms with van der Waals surface area (Å²) >= 11 is 0. The lowest BCUT2D eigenvalue weighted by Gasteiger charge is -2.36. The molecule has 0 fully saturated rings. The van der Waals surface area contributed by atoms with E-state index >= 15 is 0 Å². The van der Waals surface area contributed by atoms with Gasteiger partial charge in [-0.3, -0.25) is 13.2 Å². The molecule has 0 saturated heterocycles. The first kappa shape index (κ1) is 14.2. The van der Waals surface area contributed by atoms with Gasteiger partial charge in [-0.15, -0.1) is 0 Å². The molecule has 0 bridgehead atoms. The first-order valence-corrected chi connectivity index (χ1v) is 6.30. The van der Waals surface area contributed by atoms with E-state index in [0.717, 1.165) is 5.75 Å². The summed E-state index contributed by atoms with van der Waals surface area (Å²) in [5.41, 5.74) is -0.739. The van der Waals surface area contributed by atoms with Gasteiger partial charge in [0.25, 0.3) is 0 Å². The van der Waals surface area contributed by atoms with E-state index in [1.807, 2.05) is 0 Å². The predicted octanol–water partition coefficient (Wildman–Crippen LogP) is 1.01. The van der Waals surface area contributed by atoms with Crippen molar-refractivity contribution in [2.45, 2.75) is 26.3 Å². The maximum Gasteiger partial charge on any atom is 0.246 e. The van der Waals surface area contributed by atoms with E-state index < -0.39 is 15.4 Å². The molecule has 0 aliphatic rings. The zero-order valence-corrected chi connectivity index (χ0v) is 10.5. The van der Waals surface area contributed by atoms with E-state index in [-0.39, 0.29) is 11.7 Å². The monoisotopic (exact) mass is 232 g/mol. The number of carbonyl (C=O) groups excluding carboxylic acids is 1. The summed E-state index contributed by atoms with van der Waals surface area (Å²) in [4.78, 5) is 12.7. The van der Waals surface area contributed by atoms with E-state index in [2.05, 4.69) is 6.58 Å². The van der Waals surface area contributed by atoms with Gasteiger partial charge in [0.1, 0.15) is 0 Å². The highest BCUT2D eigenvalue weighted by atomic mass is 32.2. The number of sulfone groups is 1. The Bertz CT molecular complexity index is 344. The highest BCUT2D eigenvalue weighted by molar-refractivity contribution is 7.93. The Labute approximate surface area is 91.9 Å². The molecular formula is C10H18NO3S-. The third kappa shape index (κ3) is 4.03. The van der Waals surface area contributed by atoms with Gasteiger partial charge in [0.05, 0.1) is 0 Å². The maximum atomic E-state index is 11.4. The first-order chi connectivity index (χ1) is 6.66. The second-order valence-electron chi connectivity index (χ2n) is 3.96. The van der Waals surface area contributed by atoms with Gasteiger partial charge in [-0.2, -0.15) is 6.92 Å². The second kappa shape index (κ2) is 4.79. The zero-order valence-electron chi connectivity index (χ0n) is 9.65. The van der Waals surface area contributed by atoms with E-state index in [0.29, 0.717) is 0 Å². The van der Waals surface area contributed by atoms with Crippen LogP contribution < -0.4 is 0 Å². The molecule has 1 amide bonds. The summed E-state index contributed by atoms with van der Waals surface area (Å²) in [5.74, 6) is 0.777. The molecule has 0 aliphatic heterocycles. The molecule has 0 aliphatic carbocycles. The number of carbonyl (C=O) groups is 1. The Morgan fingerprint density at radius 2 is 2.00 bits per heavy atom. The van der Waals surface area contributed by atoms with Crippen molar-refractivity contribution in [2.24, 2.45) is 0 Å². The standard InChI is InChI=1S/C10H18NO3S/c1-6-9(12)11(5)10(3,4)8-15(13,14)7-2/h6-7H,1,8H2,2-5H3/q-1. The van der Waals surface area contributed by atoms with Crippen LogP contribution in [0.3, 0.4) is 0 Å². The fourth-order valence-electron chi connectivity index (χ4n) is 1.11. The number of rotatable bonds is 5. The lowest BCUT2D eigenvalue weighted by molar-refractivity contribution is -0.128. The zero-order chi connectivity index (χ0) is 12.3. The van der Waals surface area contributed by atoms with Crippen LogP contribution in [0.25, 0.3) is 0 Å². The molecule has 0 rings (SSSR count). The minimum atomic E-state index is -3.22. The van der Waals surface area contributed by atoms with E-state index in [1.54, 1.807) is 20.9 Å². The van der Waals surface area contributed by atoms with Crippen LogP contribution in [0.15, 0.2) is 12.7 Å². The van der Waals surface area contributed by atoms with E-state index in [4.69, 9.17) is 0 Å². The van der Waals surface area contributed by atoms with Gasteiger partial charge in [0, 0.05) is 28.2 Å². The average molecular weight is 232 g/mol. The van der Waals surface area contributed by atoms with Crippen molar-refractivity contribution >= 4 is 15.7 Å². The Morgan fingerprint density at radius 3 is 2.33 bits per heavy atom. The second-order valence-corrected chi connectivity index (χ2v) is 6.04. The molecule has 0 radical (unpaired) electrons. The van der Waals surface area contributed by atoms with Gasteiger partial charge in [-0.05, 0) is 19.9 Å². The molecule has 0 spiro atoms. The van der Waals surface area contributed by atoms with Crippen molar-refractivity contribution in [3.8, 4) is 0 Å². The van der Waals surface area contributed by atoms with Crippen molar-refractivity contribution in [3.63, 3.8) is 0 Å². The molecule has 0 saturated carbocycles. The van der Waals surface area contributed by atoms with Crippen LogP contribution in [0.4, 0.5) is 0 Å². The van der Waals surface area contributed by atoms with Gasteiger partial charge < -0.3 is 4.90 Å². The minimum Gasteiger partial charge on any atom is -0.336 e. The molecule has 15 heavy (non-hydrogen) atoms. The Kier molecular flexibility index (Phi) is 4.52. The summed E-state index contributed by atoms with van der Waals surface area (Å²) in [6.07, 6.45) is 1.17. The quantitative estimate of drug-likeness (QED) is 0.525. The third-order valence-electron chi connectivity index (χ3n) is 2.33. The number of amides is 1. The van der Waals surface area contributed by atoms with Crippen LogP contribution in [-0.2, 0) is 14.6 Å². The van der Waals surface area contributed by atoms with Gasteiger partial charge in [0.2, 0.25) is 5.91 Å². The van der Waals surface area contributed by atoms with Crippen molar-refractivity contribution < 1.29 is 13.2 Å². The summed E-state index contributed by atoms with van der Waals surface area (Å²) < 4.78 is 22.8. The Morgan fingerprint density at radius 1 is 1.53 bits per heavy atom. The van der Waals surface area contributed by atoms with E-state index in [1.165, 1.54) is 17.9 Å². The topological polar surface area (TPSA) is 54.5 Å². The third-order valence-corrected chi connectivity index (χ3v) is 4.15. The Balaban J connectivity index is 4.84. The largest absolute Gasteiger partial charge is 0.336 e. The summed E-state index contributed by atoms with van der Waals surface area (Å²) in [7, 11) is -1.65. The van der Waals surface area contributed by atoms with Crippen molar-refractivity contribution in [1.82, 2.24) is 4.90 Å². The number of nitrogens with zero attached hydrogens (tertiary/aromatic N) is 1.